The van der Waals surface area contributed by atoms with Gasteiger partial charge in [-0.3, -0.25) is 9.62 Å². The highest BCUT2D eigenvalue weighted by atomic mass is 32.2. The lowest BCUT2D eigenvalue weighted by molar-refractivity contribution is -0.137. The smallest absolute Gasteiger partial charge is 0.416 e. The molecule has 1 unspecified atom stereocenters. The van der Waals surface area contributed by atoms with Crippen molar-refractivity contribution < 1.29 is 44.6 Å². The molecular formula is C23H26F3N3O7S2. The summed E-state index contributed by atoms with van der Waals surface area (Å²) in [6.07, 6.45) is -5.95. The number of anilines is 2. The number of nitrogens with zero attached hydrogens (tertiary/aromatic N) is 1. The molecule has 0 spiro atoms. The summed E-state index contributed by atoms with van der Waals surface area (Å²) in [6, 6.07) is 7.15. The molecular weight excluding hydrogens is 551 g/mol. The molecule has 1 amide bonds. The van der Waals surface area contributed by atoms with Gasteiger partial charge in [0.05, 0.1) is 27.9 Å². The first-order chi connectivity index (χ1) is 17.5. The molecule has 2 aromatic rings. The monoisotopic (exact) mass is 577 g/mol. The van der Waals surface area contributed by atoms with E-state index in [1.165, 1.54) is 18.2 Å². The average Bonchev–Trinajstić information content (AvgIpc) is 3.63. The van der Waals surface area contributed by atoms with Gasteiger partial charge in [0.15, 0.2) is 0 Å². The second-order valence-electron chi connectivity index (χ2n) is 9.85. The Balaban J connectivity index is 1.72. The molecule has 1 fully saturated rings. The van der Waals surface area contributed by atoms with Crippen LogP contribution in [0.25, 0.3) is 0 Å². The van der Waals surface area contributed by atoms with E-state index < -0.39 is 59.7 Å². The summed E-state index contributed by atoms with van der Waals surface area (Å²) < 4.78 is 102. The van der Waals surface area contributed by atoms with Crippen LogP contribution in [-0.4, -0.2) is 51.5 Å². The summed E-state index contributed by atoms with van der Waals surface area (Å²) in [6.45, 7) is 2.88. The van der Waals surface area contributed by atoms with E-state index in [0.717, 1.165) is 22.5 Å². The summed E-state index contributed by atoms with van der Waals surface area (Å²) in [7, 11) is -8.18. The first-order valence-electron chi connectivity index (χ1n) is 11.5. The Morgan fingerprint density at radius 3 is 2.39 bits per heavy atom. The molecule has 3 N–H and O–H groups in total. The zero-order valence-electron chi connectivity index (χ0n) is 20.3. The Labute approximate surface area is 217 Å². The van der Waals surface area contributed by atoms with Crippen LogP contribution in [0.3, 0.4) is 0 Å². The highest BCUT2D eigenvalue weighted by molar-refractivity contribution is 7.92. The van der Waals surface area contributed by atoms with Gasteiger partial charge in [0.2, 0.25) is 10.0 Å². The van der Waals surface area contributed by atoms with Gasteiger partial charge in [0, 0.05) is 17.6 Å². The minimum atomic E-state index is -4.78. The molecule has 0 saturated heterocycles. The zero-order valence-corrected chi connectivity index (χ0v) is 22.0. The number of carbonyl (C=O) groups is 1. The van der Waals surface area contributed by atoms with Crippen molar-refractivity contribution in [3.8, 4) is 5.75 Å². The summed E-state index contributed by atoms with van der Waals surface area (Å²) in [4.78, 5) is 10.5. The molecule has 1 heterocycles. The highest BCUT2D eigenvalue weighted by Crippen LogP contribution is 2.41. The number of ether oxygens (including phenoxy) is 1. The molecule has 2 aliphatic rings. The van der Waals surface area contributed by atoms with Crippen molar-refractivity contribution in [2.75, 3.05) is 16.2 Å². The molecule has 4 rings (SSSR count). The number of sulfonamides is 2. The lowest BCUT2D eigenvalue weighted by atomic mass is 9.97. The molecule has 1 atom stereocenters. The Kier molecular flexibility index (Phi) is 7.08. The van der Waals surface area contributed by atoms with Crippen molar-refractivity contribution in [3.63, 3.8) is 0 Å². The lowest BCUT2D eigenvalue weighted by Gasteiger charge is -2.39. The maximum absolute atomic E-state index is 13.7. The van der Waals surface area contributed by atoms with Crippen molar-refractivity contribution in [1.29, 1.82) is 0 Å². The number of halogens is 3. The Bertz CT molecular complexity index is 1460. The van der Waals surface area contributed by atoms with E-state index in [1.54, 1.807) is 13.8 Å². The minimum Gasteiger partial charge on any atom is -0.486 e. The normalized spacial score (nSPS) is 18.4. The second-order valence-corrected chi connectivity index (χ2v) is 13.7. The van der Waals surface area contributed by atoms with E-state index >= 15 is 0 Å². The summed E-state index contributed by atoms with van der Waals surface area (Å²) in [5.41, 5.74) is -2.26. The fraction of sp³-hybridized carbons (Fsp3) is 0.435. The van der Waals surface area contributed by atoms with Crippen molar-refractivity contribution in [2.45, 2.75) is 61.1 Å². The van der Waals surface area contributed by atoms with Crippen LogP contribution >= 0.6 is 0 Å². The molecule has 2 aromatic carbocycles. The van der Waals surface area contributed by atoms with Crippen LogP contribution in [0.4, 0.5) is 29.3 Å². The predicted octanol–water partition coefficient (Wildman–Crippen LogP) is 4.00. The number of fused-ring (bicyclic) bond motifs is 1. The SMILES string of the molecule is CC(C)(CC1CN(S(=O)(=O)c2cccc(C(F)(F)F)c2)c2cc(NC(=O)O)ccc2O1)NS(=O)(=O)C1CC1. The number of nitrogens with one attached hydrogen (secondary N) is 2. The number of hydrogen-bond donors (Lipinski definition) is 3. The molecule has 38 heavy (non-hydrogen) atoms. The quantitative estimate of drug-likeness (QED) is 0.431. The van der Waals surface area contributed by atoms with Crippen LogP contribution in [0, 0.1) is 0 Å². The van der Waals surface area contributed by atoms with E-state index in [2.05, 4.69) is 10.0 Å². The fourth-order valence-corrected chi connectivity index (χ4v) is 7.59. The van der Waals surface area contributed by atoms with Gasteiger partial charge in [-0.05, 0) is 63.1 Å². The summed E-state index contributed by atoms with van der Waals surface area (Å²) >= 11 is 0. The number of alkyl halides is 3. The van der Waals surface area contributed by atoms with Gasteiger partial charge in [0.1, 0.15) is 11.9 Å². The summed E-state index contributed by atoms with van der Waals surface area (Å²) in [5, 5.41) is 10.7. The van der Waals surface area contributed by atoms with Gasteiger partial charge in [-0.1, -0.05) is 6.07 Å². The zero-order chi connectivity index (χ0) is 28.1. The van der Waals surface area contributed by atoms with Crippen molar-refractivity contribution in [1.82, 2.24) is 4.72 Å². The van der Waals surface area contributed by atoms with Crippen LogP contribution in [0.15, 0.2) is 47.4 Å². The maximum Gasteiger partial charge on any atom is 0.416 e. The van der Waals surface area contributed by atoms with Gasteiger partial charge in [-0.2, -0.15) is 13.2 Å². The number of rotatable bonds is 8. The third-order valence-electron chi connectivity index (χ3n) is 6.01. The molecule has 208 valence electrons. The van der Waals surface area contributed by atoms with Crippen molar-refractivity contribution in [3.05, 3.63) is 48.0 Å². The van der Waals surface area contributed by atoms with Gasteiger partial charge < -0.3 is 9.84 Å². The Hall–Kier alpha value is -3.04. The summed E-state index contributed by atoms with van der Waals surface area (Å²) in [5.74, 6) is 0.0357. The van der Waals surface area contributed by atoms with Crippen LogP contribution in [0.5, 0.6) is 5.75 Å². The molecule has 0 bridgehead atoms. The van der Waals surface area contributed by atoms with Gasteiger partial charge in [-0.15, -0.1) is 0 Å². The molecule has 15 heteroatoms. The molecule has 0 radical (unpaired) electrons. The minimum absolute atomic E-state index is 0.0139. The fourth-order valence-electron chi connectivity index (χ4n) is 4.26. The molecule has 1 aliphatic carbocycles. The third kappa shape index (κ3) is 6.15. The second kappa shape index (κ2) is 9.61. The number of amides is 1. The van der Waals surface area contributed by atoms with E-state index in [9.17, 15) is 34.8 Å². The van der Waals surface area contributed by atoms with Crippen molar-refractivity contribution >= 4 is 37.5 Å². The van der Waals surface area contributed by atoms with E-state index in [4.69, 9.17) is 9.84 Å². The van der Waals surface area contributed by atoms with E-state index in [-0.39, 0.29) is 30.1 Å². The van der Waals surface area contributed by atoms with Crippen LogP contribution < -0.4 is 19.1 Å². The van der Waals surface area contributed by atoms with Crippen LogP contribution in [0.2, 0.25) is 0 Å². The average molecular weight is 578 g/mol. The van der Waals surface area contributed by atoms with Crippen LogP contribution in [-0.2, 0) is 26.2 Å². The molecule has 10 nitrogen and oxygen atoms in total. The van der Waals surface area contributed by atoms with Crippen LogP contribution in [0.1, 0.15) is 38.7 Å². The first kappa shape index (κ1) is 28.0. The van der Waals surface area contributed by atoms with E-state index in [0.29, 0.717) is 18.9 Å². The topological polar surface area (TPSA) is 142 Å². The van der Waals surface area contributed by atoms with Gasteiger partial charge in [-0.25, -0.2) is 26.4 Å². The van der Waals surface area contributed by atoms with Gasteiger partial charge in [0.25, 0.3) is 10.0 Å². The standard InChI is InChI=1S/C23H26F3N3O7S2/c1-22(2,28-37(32,33)17-7-8-17)12-16-13-29(19-11-15(27-21(30)31)6-9-20(19)36-16)38(34,35)18-5-3-4-14(10-18)23(24,25)26/h3-6,9-11,16-17,27-28H,7-8,12-13H2,1-2H3,(H,30,31). The number of hydrogen-bond acceptors (Lipinski definition) is 6. The Morgan fingerprint density at radius 1 is 1.11 bits per heavy atom. The first-order valence-corrected chi connectivity index (χ1v) is 14.5. The van der Waals surface area contributed by atoms with E-state index in [1.807, 2.05) is 0 Å². The third-order valence-corrected chi connectivity index (χ3v) is 9.97. The highest BCUT2D eigenvalue weighted by Gasteiger charge is 2.42. The Morgan fingerprint density at radius 2 is 1.79 bits per heavy atom. The van der Waals surface area contributed by atoms with Crippen molar-refractivity contribution in [2.24, 2.45) is 0 Å². The maximum atomic E-state index is 13.7. The largest absolute Gasteiger partial charge is 0.486 e. The number of benzene rings is 2. The lowest BCUT2D eigenvalue weighted by Crippen LogP contribution is -2.51. The van der Waals surface area contributed by atoms with Gasteiger partial charge >= 0.3 is 12.3 Å². The molecule has 1 aliphatic heterocycles. The number of carboxylic acid groups (broad SMARTS) is 1. The molecule has 0 aromatic heterocycles. The predicted molar refractivity (Wildman–Crippen MR) is 132 cm³/mol. The molecule has 1 saturated carbocycles.